The first kappa shape index (κ1) is 29.1. The van der Waals surface area contributed by atoms with Crippen molar-refractivity contribution in [1.82, 2.24) is 10.6 Å². The van der Waals surface area contributed by atoms with E-state index in [1.807, 2.05) is 48.5 Å². The van der Waals surface area contributed by atoms with Crippen LogP contribution in [-0.4, -0.2) is 5.84 Å². The second kappa shape index (κ2) is 12.8. The molecule has 0 bridgehead atoms. The van der Waals surface area contributed by atoms with E-state index in [0.717, 1.165) is 50.3 Å². The first-order chi connectivity index (χ1) is 23.7. The van der Waals surface area contributed by atoms with Crippen LogP contribution in [0.4, 0.5) is 0 Å². The number of hydrogen-bond acceptors (Lipinski definition) is 4. The number of hydrogen-bond donors (Lipinski definition) is 2. The maximum Gasteiger partial charge on any atom is 0.131 e. The van der Waals surface area contributed by atoms with E-state index in [4.69, 9.17) is 4.99 Å². The van der Waals surface area contributed by atoms with Gasteiger partial charge in [-0.1, -0.05) is 164 Å². The molecule has 7 aromatic rings. The van der Waals surface area contributed by atoms with E-state index in [1.54, 1.807) is 0 Å². The highest BCUT2D eigenvalue weighted by Crippen LogP contribution is 2.39. The van der Waals surface area contributed by atoms with Gasteiger partial charge in [0, 0.05) is 5.56 Å². The molecule has 0 fully saturated rings. The van der Waals surface area contributed by atoms with Gasteiger partial charge in [-0.15, -0.1) is 0 Å². The summed E-state index contributed by atoms with van der Waals surface area (Å²) in [5.41, 5.74) is 10.6. The van der Waals surface area contributed by atoms with Gasteiger partial charge < -0.3 is 5.32 Å². The third kappa shape index (κ3) is 5.64. The van der Waals surface area contributed by atoms with Gasteiger partial charge in [-0.2, -0.15) is 5.26 Å². The van der Waals surface area contributed by atoms with Crippen molar-refractivity contribution in [3.05, 3.63) is 192 Å². The van der Waals surface area contributed by atoms with E-state index < -0.39 is 0 Å². The molecule has 228 valence electrons. The lowest BCUT2D eigenvalue weighted by atomic mass is 9.88. The van der Waals surface area contributed by atoms with Crippen molar-refractivity contribution in [3.63, 3.8) is 0 Å². The van der Waals surface area contributed by atoms with E-state index in [1.165, 1.54) is 16.3 Å². The van der Waals surface area contributed by atoms with Crippen molar-refractivity contribution in [2.75, 3.05) is 0 Å². The summed E-state index contributed by atoms with van der Waals surface area (Å²) in [6.07, 6.45) is -0.312. The van der Waals surface area contributed by atoms with Crippen molar-refractivity contribution in [2.24, 2.45) is 4.99 Å². The zero-order valence-electron chi connectivity index (χ0n) is 26.2. The van der Waals surface area contributed by atoms with Gasteiger partial charge in [-0.25, -0.2) is 4.99 Å². The first-order valence-electron chi connectivity index (χ1n) is 16.2. The number of nitriles is 1. The number of aliphatic imine (C=N–C) groups is 1. The minimum absolute atomic E-state index is 0.0867. The molecule has 0 spiro atoms. The predicted octanol–water partition coefficient (Wildman–Crippen LogP) is 10.0. The van der Waals surface area contributed by atoms with E-state index >= 15 is 0 Å². The lowest BCUT2D eigenvalue weighted by Gasteiger charge is -2.32. The lowest BCUT2D eigenvalue weighted by Crippen LogP contribution is -2.44. The molecule has 1 aliphatic heterocycles. The van der Waals surface area contributed by atoms with Crippen molar-refractivity contribution in [1.29, 1.82) is 5.26 Å². The summed E-state index contributed by atoms with van der Waals surface area (Å²) < 4.78 is 0. The topological polar surface area (TPSA) is 60.2 Å². The Morgan fingerprint density at radius 3 is 1.88 bits per heavy atom. The molecule has 8 rings (SSSR count). The third-order valence-corrected chi connectivity index (χ3v) is 9.04. The summed E-state index contributed by atoms with van der Waals surface area (Å²) in [6, 6.07) is 61.2. The van der Waals surface area contributed by atoms with Crippen LogP contribution < -0.4 is 10.6 Å². The molecule has 4 heteroatoms. The standard InChI is InChI=1S/C44H32N4/c45-29-37-16-8-9-17-38(37)31-19-21-32(22-20-31)40-28-27-30-11-7-10-18-39(30)41(40)33-23-25-36(26-24-33)44-47-42(34-12-3-1-4-13-34)46-43(48-44)35-14-5-2-6-15-35/h1-28,42,44,47H,(H,46,48). The molecule has 48 heavy (non-hydrogen) atoms. The summed E-state index contributed by atoms with van der Waals surface area (Å²) in [6.45, 7) is 0. The third-order valence-electron chi connectivity index (χ3n) is 9.04. The maximum absolute atomic E-state index is 9.64. The van der Waals surface area contributed by atoms with Gasteiger partial charge in [-0.05, 0) is 61.3 Å². The average Bonchev–Trinajstić information content (AvgIpc) is 3.18. The molecule has 0 aliphatic carbocycles. The Morgan fingerprint density at radius 2 is 1.12 bits per heavy atom. The molecule has 0 saturated carbocycles. The number of rotatable bonds is 6. The highest BCUT2D eigenvalue weighted by atomic mass is 15.3. The molecule has 0 saturated heterocycles. The van der Waals surface area contributed by atoms with Crippen LogP contribution in [0.5, 0.6) is 0 Å². The summed E-state index contributed by atoms with van der Waals surface area (Å²) in [5, 5.41) is 19.4. The molecule has 0 amide bonds. The molecule has 0 aromatic heterocycles. The molecule has 2 N–H and O–H groups in total. The number of fused-ring (bicyclic) bond motifs is 1. The van der Waals surface area contributed by atoms with Crippen molar-refractivity contribution in [3.8, 4) is 39.4 Å². The lowest BCUT2D eigenvalue weighted by molar-refractivity contribution is 0.409. The monoisotopic (exact) mass is 616 g/mol. The first-order valence-corrected chi connectivity index (χ1v) is 16.2. The van der Waals surface area contributed by atoms with E-state index in [2.05, 4.69) is 138 Å². The highest BCUT2D eigenvalue weighted by Gasteiger charge is 2.25. The zero-order chi connectivity index (χ0) is 32.3. The van der Waals surface area contributed by atoms with Crippen LogP contribution >= 0.6 is 0 Å². The zero-order valence-corrected chi connectivity index (χ0v) is 26.2. The van der Waals surface area contributed by atoms with E-state index in [-0.39, 0.29) is 12.3 Å². The number of nitrogens with zero attached hydrogens (tertiary/aromatic N) is 2. The second-order valence-corrected chi connectivity index (χ2v) is 12.0. The molecule has 2 unspecified atom stereocenters. The SMILES string of the molecule is N#Cc1ccccc1-c1ccc(-c2ccc3ccccc3c2-c2ccc(C3N=C(c4ccccc4)NC(c4ccccc4)N3)cc2)cc1. The summed E-state index contributed by atoms with van der Waals surface area (Å²) in [4.78, 5) is 5.14. The van der Waals surface area contributed by atoms with Crippen LogP contribution in [-0.2, 0) is 0 Å². The molecule has 4 nitrogen and oxygen atoms in total. The van der Waals surface area contributed by atoms with Crippen LogP contribution in [0.25, 0.3) is 44.2 Å². The van der Waals surface area contributed by atoms with Gasteiger partial charge in [0.2, 0.25) is 0 Å². The van der Waals surface area contributed by atoms with E-state index in [0.29, 0.717) is 5.56 Å². The Bertz CT molecular complexity index is 2280. The van der Waals surface area contributed by atoms with Crippen LogP contribution in [0.2, 0.25) is 0 Å². The molecule has 2 atom stereocenters. The van der Waals surface area contributed by atoms with Gasteiger partial charge in [0.25, 0.3) is 0 Å². The predicted molar refractivity (Wildman–Crippen MR) is 196 cm³/mol. The number of amidine groups is 1. The maximum atomic E-state index is 9.64. The molecule has 1 heterocycles. The minimum Gasteiger partial charge on any atom is -0.350 e. The molecule has 1 aliphatic rings. The summed E-state index contributed by atoms with van der Waals surface area (Å²) >= 11 is 0. The van der Waals surface area contributed by atoms with E-state index in [9.17, 15) is 5.26 Å². The summed E-state index contributed by atoms with van der Waals surface area (Å²) in [5.74, 6) is 0.870. The molecular formula is C44H32N4. The summed E-state index contributed by atoms with van der Waals surface area (Å²) in [7, 11) is 0. The van der Waals surface area contributed by atoms with Gasteiger partial charge >= 0.3 is 0 Å². The minimum atomic E-state index is -0.225. The normalized spacial score (nSPS) is 15.7. The Kier molecular flexibility index (Phi) is 7.80. The Labute approximate surface area is 280 Å². The van der Waals surface area contributed by atoms with Crippen LogP contribution in [0.1, 0.15) is 34.6 Å². The van der Waals surface area contributed by atoms with Gasteiger partial charge in [0.05, 0.1) is 11.6 Å². The van der Waals surface area contributed by atoms with Gasteiger partial charge in [0.15, 0.2) is 0 Å². The van der Waals surface area contributed by atoms with Gasteiger partial charge in [0.1, 0.15) is 18.2 Å². The Hall–Kier alpha value is -6.28. The quantitative estimate of drug-likeness (QED) is 0.195. The molecule has 7 aromatic carbocycles. The smallest absolute Gasteiger partial charge is 0.131 e. The number of benzene rings is 7. The Balaban J connectivity index is 1.18. The largest absolute Gasteiger partial charge is 0.350 e. The highest BCUT2D eigenvalue weighted by molar-refractivity contribution is 6.04. The van der Waals surface area contributed by atoms with Crippen molar-refractivity contribution < 1.29 is 0 Å². The fourth-order valence-corrected chi connectivity index (χ4v) is 6.61. The van der Waals surface area contributed by atoms with Crippen molar-refractivity contribution >= 4 is 16.6 Å². The Morgan fingerprint density at radius 1 is 0.500 bits per heavy atom. The van der Waals surface area contributed by atoms with Crippen LogP contribution in [0, 0.1) is 11.3 Å². The van der Waals surface area contributed by atoms with Crippen LogP contribution in [0.15, 0.2) is 175 Å². The average molecular weight is 617 g/mol. The number of nitrogens with one attached hydrogen (secondary N) is 2. The molecule has 0 radical (unpaired) electrons. The van der Waals surface area contributed by atoms with Crippen LogP contribution in [0.3, 0.4) is 0 Å². The van der Waals surface area contributed by atoms with Gasteiger partial charge in [-0.3, -0.25) is 5.32 Å². The molecular weight excluding hydrogens is 585 g/mol. The second-order valence-electron chi connectivity index (χ2n) is 12.0. The van der Waals surface area contributed by atoms with Crippen molar-refractivity contribution in [2.45, 2.75) is 12.3 Å². The fourth-order valence-electron chi connectivity index (χ4n) is 6.61. The fraction of sp³-hybridized carbons (Fsp3) is 0.0455.